The first-order chi connectivity index (χ1) is 12.3. The molecule has 9 heteroatoms. The Morgan fingerprint density at radius 3 is 2.58 bits per heavy atom. The van der Waals surface area contributed by atoms with Crippen molar-refractivity contribution in [3.63, 3.8) is 0 Å². The molecule has 0 atom stereocenters. The monoisotopic (exact) mass is 375 g/mol. The number of hydrogen-bond donors (Lipinski definition) is 1. The molecule has 1 aliphatic rings. The van der Waals surface area contributed by atoms with Crippen molar-refractivity contribution in [1.82, 2.24) is 0 Å². The zero-order chi connectivity index (χ0) is 18.9. The molecule has 0 aromatic heterocycles. The molecule has 8 nitrogen and oxygen atoms in total. The predicted molar refractivity (Wildman–Crippen MR) is 97.5 cm³/mol. The molecule has 0 spiro atoms. The molecule has 0 saturated carbocycles. The lowest BCUT2D eigenvalue weighted by atomic mass is 10.2. The first kappa shape index (κ1) is 17.9. The van der Waals surface area contributed by atoms with Crippen LogP contribution < -0.4 is 10.2 Å². The van der Waals surface area contributed by atoms with E-state index < -0.39 is 14.8 Å². The summed E-state index contributed by atoms with van der Waals surface area (Å²) < 4.78 is 23.2. The van der Waals surface area contributed by atoms with Crippen LogP contribution in [0.5, 0.6) is 0 Å². The Morgan fingerprint density at radius 1 is 1.19 bits per heavy atom. The average Bonchev–Trinajstić information content (AvgIpc) is 3.00. The van der Waals surface area contributed by atoms with Crippen molar-refractivity contribution in [3.8, 4) is 0 Å². The fraction of sp³-hybridized carbons (Fsp3) is 0.235. The number of nitro groups is 1. The number of rotatable bonds is 5. The molecular weight excluding hydrogens is 358 g/mol. The van der Waals surface area contributed by atoms with Crippen LogP contribution >= 0.6 is 0 Å². The van der Waals surface area contributed by atoms with Gasteiger partial charge in [-0.1, -0.05) is 6.07 Å². The van der Waals surface area contributed by atoms with Gasteiger partial charge in [-0.15, -0.1) is 0 Å². The van der Waals surface area contributed by atoms with Gasteiger partial charge in [0.1, 0.15) is 5.69 Å². The van der Waals surface area contributed by atoms with Gasteiger partial charge < -0.3 is 10.2 Å². The van der Waals surface area contributed by atoms with E-state index in [0.717, 1.165) is 18.7 Å². The van der Waals surface area contributed by atoms with Crippen molar-refractivity contribution >= 4 is 38.5 Å². The van der Waals surface area contributed by atoms with Gasteiger partial charge in [0, 0.05) is 36.7 Å². The van der Waals surface area contributed by atoms with Crippen molar-refractivity contribution in [2.45, 2.75) is 17.7 Å². The summed E-state index contributed by atoms with van der Waals surface area (Å²) in [6.45, 7) is 0.644. The standard InChI is InChI=1S/C17H17N3O5S/c1-26(24,25)14-7-8-15(16(11-14)20(22)23)18-12-4-2-5-13(10-12)19-9-3-6-17(19)21/h2,4-5,7-8,10-11,18H,3,6,9H2,1H3. The topological polar surface area (TPSA) is 110 Å². The number of carbonyl (C=O) groups excluding carboxylic acids is 1. The van der Waals surface area contributed by atoms with E-state index in [2.05, 4.69) is 5.32 Å². The quantitative estimate of drug-likeness (QED) is 0.636. The minimum atomic E-state index is -3.55. The van der Waals surface area contributed by atoms with Crippen LogP contribution in [0.3, 0.4) is 0 Å². The molecule has 0 radical (unpaired) electrons. The Bertz CT molecular complexity index is 988. The van der Waals surface area contributed by atoms with Crippen LogP contribution in [0.15, 0.2) is 47.4 Å². The SMILES string of the molecule is CS(=O)(=O)c1ccc(Nc2cccc(N3CCCC3=O)c2)c([N+](=O)[O-])c1. The fourth-order valence-corrected chi connectivity index (χ4v) is 3.47. The molecule has 26 heavy (non-hydrogen) atoms. The van der Waals surface area contributed by atoms with Gasteiger partial charge in [0.15, 0.2) is 9.84 Å². The van der Waals surface area contributed by atoms with Crippen LogP contribution in [0.4, 0.5) is 22.7 Å². The lowest BCUT2D eigenvalue weighted by Crippen LogP contribution is -2.23. The minimum Gasteiger partial charge on any atom is -0.350 e. The van der Waals surface area contributed by atoms with Gasteiger partial charge in [-0.25, -0.2) is 8.42 Å². The molecule has 136 valence electrons. The number of nitro benzene ring substituents is 1. The number of nitrogens with one attached hydrogen (secondary N) is 1. The molecule has 2 aromatic rings. The average molecular weight is 375 g/mol. The Kier molecular flexibility index (Phi) is 4.64. The van der Waals surface area contributed by atoms with Crippen LogP contribution in [0.1, 0.15) is 12.8 Å². The van der Waals surface area contributed by atoms with Crippen molar-refractivity contribution < 1.29 is 18.1 Å². The first-order valence-electron chi connectivity index (χ1n) is 7.91. The molecule has 1 amide bonds. The Labute approximate surface area is 150 Å². The summed E-state index contributed by atoms with van der Waals surface area (Å²) >= 11 is 0. The molecule has 1 heterocycles. The number of sulfone groups is 1. The van der Waals surface area contributed by atoms with Gasteiger partial charge in [0.05, 0.1) is 9.82 Å². The minimum absolute atomic E-state index is 0.0469. The van der Waals surface area contributed by atoms with Crippen LogP contribution in [-0.2, 0) is 14.6 Å². The number of anilines is 3. The third-order valence-corrected chi connectivity index (χ3v) is 5.21. The lowest BCUT2D eigenvalue weighted by molar-refractivity contribution is -0.384. The highest BCUT2D eigenvalue weighted by atomic mass is 32.2. The number of benzene rings is 2. The maximum Gasteiger partial charge on any atom is 0.293 e. The summed E-state index contributed by atoms with van der Waals surface area (Å²) in [5.74, 6) is 0.0469. The molecule has 1 saturated heterocycles. The zero-order valence-electron chi connectivity index (χ0n) is 14.0. The van der Waals surface area contributed by atoms with Gasteiger partial charge >= 0.3 is 0 Å². The Balaban J connectivity index is 1.94. The molecule has 0 unspecified atom stereocenters. The van der Waals surface area contributed by atoms with Crippen molar-refractivity contribution in [2.24, 2.45) is 0 Å². The summed E-state index contributed by atoms with van der Waals surface area (Å²) in [5, 5.41) is 14.3. The number of carbonyl (C=O) groups is 1. The van der Waals surface area contributed by atoms with E-state index in [0.29, 0.717) is 24.3 Å². The van der Waals surface area contributed by atoms with Crippen molar-refractivity contribution in [3.05, 3.63) is 52.6 Å². The van der Waals surface area contributed by atoms with Crippen LogP contribution in [-0.4, -0.2) is 32.0 Å². The predicted octanol–water partition coefficient (Wildman–Crippen LogP) is 2.87. The summed E-state index contributed by atoms with van der Waals surface area (Å²) in [5.41, 5.74) is 1.12. The molecule has 3 rings (SSSR count). The van der Waals surface area contributed by atoms with E-state index in [4.69, 9.17) is 0 Å². The first-order valence-corrected chi connectivity index (χ1v) is 9.81. The van der Waals surface area contributed by atoms with Crippen molar-refractivity contribution in [1.29, 1.82) is 0 Å². The zero-order valence-corrected chi connectivity index (χ0v) is 14.8. The maximum absolute atomic E-state index is 11.9. The second-order valence-electron chi connectivity index (χ2n) is 6.03. The number of nitrogens with zero attached hydrogens (tertiary/aromatic N) is 2. The highest BCUT2D eigenvalue weighted by Crippen LogP contribution is 2.32. The van der Waals surface area contributed by atoms with Gasteiger partial charge in [-0.3, -0.25) is 14.9 Å². The maximum atomic E-state index is 11.9. The van der Waals surface area contributed by atoms with E-state index in [1.165, 1.54) is 12.1 Å². The molecular formula is C17H17N3O5S. The number of hydrogen-bond acceptors (Lipinski definition) is 6. The lowest BCUT2D eigenvalue weighted by Gasteiger charge is -2.17. The van der Waals surface area contributed by atoms with E-state index in [1.807, 2.05) is 0 Å². The Hall–Kier alpha value is -2.94. The van der Waals surface area contributed by atoms with Gasteiger partial charge in [-0.2, -0.15) is 0 Å². The number of amides is 1. The highest BCUT2D eigenvalue weighted by molar-refractivity contribution is 7.90. The van der Waals surface area contributed by atoms with E-state index in [9.17, 15) is 23.3 Å². The normalized spacial score (nSPS) is 14.5. The van der Waals surface area contributed by atoms with Crippen molar-refractivity contribution in [2.75, 3.05) is 23.0 Å². The van der Waals surface area contributed by atoms with E-state index in [-0.39, 0.29) is 22.2 Å². The van der Waals surface area contributed by atoms with E-state index >= 15 is 0 Å². The second-order valence-corrected chi connectivity index (χ2v) is 8.05. The highest BCUT2D eigenvalue weighted by Gasteiger charge is 2.22. The molecule has 1 N–H and O–H groups in total. The molecule has 2 aromatic carbocycles. The fourth-order valence-electron chi connectivity index (χ4n) is 2.83. The second kappa shape index (κ2) is 6.75. The summed E-state index contributed by atoms with van der Waals surface area (Å²) in [6.07, 6.45) is 2.31. The molecule has 0 bridgehead atoms. The summed E-state index contributed by atoms with van der Waals surface area (Å²) in [7, 11) is -3.55. The Morgan fingerprint density at radius 2 is 1.96 bits per heavy atom. The molecule has 0 aliphatic carbocycles. The third-order valence-electron chi connectivity index (χ3n) is 4.10. The summed E-state index contributed by atoms with van der Waals surface area (Å²) in [4.78, 5) is 24.1. The summed E-state index contributed by atoms with van der Waals surface area (Å²) in [6, 6.07) is 10.7. The van der Waals surface area contributed by atoms with Crippen LogP contribution in [0.25, 0.3) is 0 Å². The smallest absolute Gasteiger partial charge is 0.293 e. The molecule has 1 aliphatic heterocycles. The van der Waals surface area contributed by atoms with Gasteiger partial charge in [0.2, 0.25) is 5.91 Å². The van der Waals surface area contributed by atoms with Gasteiger partial charge in [0.25, 0.3) is 5.69 Å². The van der Waals surface area contributed by atoms with Crippen LogP contribution in [0, 0.1) is 10.1 Å². The van der Waals surface area contributed by atoms with Crippen LogP contribution in [0.2, 0.25) is 0 Å². The largest absolute Gasteiger partial charge is 0.350 e. The molecule has 1 fully saturated rings. The van der Waals surface area contributed by atoms with E-state index in [1.54, 1.807) is 29.2 Å². The third kappa shape index (κ3) is 3.67. The van der Waals surface area contributed by atoms with Gasteiger partial charge in [-0.05, 0) is 36.8 Å².